The van der Waals surface area contributed by atoms with Gasteiger partial charge in [-0.15, -0.1) is 0 Å². The summed E-state index contributed by atoms with van der Waals surface area (Å²) in [4.78, 5) is 21.6. The Morgan fingerprint density at radius 3 is 2.69 bits per heavy atom. The average molecular weight is 537 g/mol. The normalized spacial score (nSPS) is 11.2. The molecular formula is C28H33FN6O4. The van der Waals surface area contributed by atoms with Crippen molar-refractivity contribution in [2.75, 3.05) is 44.8 Å². The van der Waals surface area contributed by atoms with Crippen LogP contribution in [0.4, 0.5) is 15.9 Å². The molecule has 5 N–H and O–H groups in total. The molecule has 206 valence electrons. The van der Waals surface area contributed by atoms with Gasteiger partial charge in [0, 0.05) is 47.9 Å². The zero-order chi connectivity index (χ0) is 27.8. The highest BCUT2D eigenvalue weighted by Crippen LogP contribution is 2.31. The van der Waals surface area contributed by atoms with Crippen molar-refractivity contribution in [2.45, 2.75) is 20.3 Å². The van der Waals surface area contributed by atoms with Gasteiger partial charge in [0.25, 0.3) is 5.91 Å². The summed E-state index contributed by atoms with van der Waals surface area (Å²) in [5, 5.41) is 16.0. The van der Waals surface area contributed by atoms with E-state index in [1.807, 2.05) is 13.0 Å². The quantitative estimate of drug-likeness (QED) is 0.190. The second-order valence-electron chi connectivity index (χ2n) is 8.80. The average Bonchev–Trinajstić information content (AvgIpc) is 3.38. The third kappa shape index (κ3) is 6.51. The first kappa shape index (κ1) is 28.0. The number of aromatic hydroxyl groups is 1. The lowest BCUT2D eigenvalue weighted by molar-refractivity contribution is 0.0511. The number of nitrogens with one attached hydrogen (secondary N) is 2. The number of aryl methyl sites for hydroxylation is 1. The molecule has 0 aliphatic heterocycles. The molecule has 1 amide bonds. The molecule has 2 heterocycles. The van der Waals surface area contributed by atoms with Crippen molar-refractivity contribution in [1.29, 1.82) is 0 Å². The topological polar surface area (TPSA) is 136 Å². The molecule has 0 radical (unpaired) electrons. The Morgan fingerprint density at radius 2 is 1.92 bits per heavy atom. The summed E-state index contributed by atoms with van der Waals surface area (Å²) in [5.74, 6) is -0.305. The Hall–Kier alpha value is -4.06. The number of phenolic OH excluding ortho intramolecular Hbond substituents is 1. The van der Waals surface area contributed by atoms with Gasteiger partial charge in [-0.3, -0.25) is 9.20 Å². The van der Waals surface area contributed by atoms with Gasteiger partial charge >= 0.3 is 0 Å². The van der Waals surface area contributed by atoms with Gasteiger partial charge in [0.1, 0.15) is 11.6 Å². The van der Waals surface area contributed by atoms with Crippen molar-refractivity contribution in [1.82, 2.24) is 19.7 Å². The maximum Gasteiger partial charge on any atom is 0.251 e. The highest BCUT2D eigenvalue weighted by Gasteiger charge is 2.17. The summed E-state index contributed by atoms with van der Waals surface area (Å²) in [6, 6.07) is 8.46. The lowest BCUT2D eigenvalue weighted by Crippen LogP contribution is -2.28. The number of halogens is 1. The number of phenols is 1. The van der Waals surface area contributed by atoms with E-state index in [-0.39, 0.29) is 17.2 Å². The van der Waals surface area contributed by atoms with Crippen LogP contribution in [0, 0.1) is 12.7 Å². The summed E-state index contributed by atoms with van der Waals surface area (Å²) in [7, 11) is 0. The first-order valence-electron chi connectivity index (χ1n) is 12.8. The summed E-state index contributed by atoms with van der Waals surface area (Å²) >= 11 is 0. The molecule has 0 bridgehead atoms. The van der Waals surface area contributed by atoms with Gasteiger partial charge < -0.3 is 30.9 Å². The summed E-state index contributed by atoms with van der Waals surface area (Å²) in [5.41, 5.74) is 9.09. The van der Waals surface area contributed by atoms with Crippen molar-refractivity contribution in [2.24, 2.45) is 5.73 Å². The molecule has 0 fully saturated rings. The van der Waals surface area contributed by atoms with Crippen molar-refractivity contribution >= 4 is 23.1 Å². The molecule has 2 aromatic carbocycles. The predicted molar refractivity (Wildman–Crippen MR) is 147 cm³/mol. The maximum atomic E-state index is 14.9. The minimum atomic E-state index is -0.507. The lowest BCUT2D eigenvalue weighted by Gasteiger charge is -2.13. The molecular weight excluding hydrogens is 503 g/mol. The number of hydrogen-bond donors (Lipinski definition) is 4. The summed E-state index contributed by atoms with van der Waals surface area (Å²) in [6.07, 6.45) is 5.52. The smallest absolute Gasteiger partial charge is 0.251 e. The van der Waals surface area contributed by atoms with E-state index in [1.54, 1.807) is 35.1 Å². The van der Waals surface area contributed by atoms with Gasteiger partial charge in [-0.25, -0.2) is 14.4 Å². The molecule has 11 heteroatoms. The Labute approximate surface area is 226 Å². The second-order valence-corrected chi connectivity index (χ2v) is 8.80. The van der Waals surface area contributed by atoms with Crippen LogP contribution in [0.15, 0.2) is 48.9 Å². The summed E-state index contributed by atoms with van der Waals surface area (Å²) in [6.45, 7) is 6.16. The second kappa shape index (κ2) is 13.1. The highest BCUT2D eigenvalue weighted by atomic mass is 19.1. The number of carbonyl (C=O) groups is 1. The molecule has 4 rings (SSSR count). The zero-order valence-corrected chi connectivity index (χ0v) is 22.0. The largest absolute Gasteiger partial charge is 0.508 e. The fourth-order valence-electron chi connectivity index (χ4n) is 4.14. The van der Waals surface area contributed by atoms with Crippen LogP contribution >= 0.6 is 0 Å². The van der Waals surface area contributed by atoms with E-state index in [4.69, 9.17) is 15.2 Å². The van der Waals surface area contributed by atoms with Gasteiger partial charge in [0.2, 0.25) is 0 Å². The van der Waals surface area contributed by atoms with Crippen LogP contribution in [0.25, 0.3) is 16.9 Å². The molecule has 0 atom stereocenters. The van der Waals surface area contributed by atoms with E-state index in [2.05, 4.69) is 20.6 Å². The van der Waals surface area contributed by atoms with Gasteiger partial charge in [-0.1, -0.05) is 6.92 Å². The SMILES string of the molecule is CCc1cc(Nc2nccn3c(-c4ccc(O)c(C)c4F)cnc23)ccc1C(=O)NCCOCCOCCN. The van der Waals surface area contributed by atoms with Crippen LogP contribution in [0.1, 0.15) is 28.4 Å². The molecule has 0 saturated carbocycles. The van der Waals surface area contributed by atoms with Crippen LogP contribution in [-0.2, 0) is 15.9 Å². The number of hydrogen-bond acceptors (Lipinski definition) is 8. The lowest BCUT2D eigenvalue weighted by atomic mass is 10.0. The number of aromatic nitrogens is 3. The van der Waals surface area contributed by atoms with Crippen LogP contribution < -0.4 is 16.4 Å². The van der Waals surface area contributed by atoms with Gasteiger partial charge in [0.15, 0.2) is 11.5 Å². The number of rotatable bonds is 13. The molecule has 0 saturated heterocycles. The molecule has 4 aromatic rings. The molecule has 10 nitrogen and oxygen atoms in total. The minimum absolute atomic E-state index is 0.101. The van der Waals surface area contributed by atoms with E-state index < -0.39 is 5.82 Å². The van der Waals surface area contributed by atoms with E-state index >= 15 is 0 Å². The standard InChI is InChI=1S/C28H33FN6O4/c1-3-19-16-20(4-5-21(19)28(37)32-10-13-39-15-14-38-12-8-30)34-26-27-33-17-23(35(27)11-9-31-26)22-6-7-24(36)18(2)25(22)29/h4-7,9,11,16-17,36H,3,8,10,12-15,30H2,1-2H3,(H,31,34)(H,32,37). The zero-order valence-electron chi connectivity index (χ0n) is 22.0. The maximum absolute atomic E-state index is 14.9. The third-order valence-electron chi connectivity index (χ3n) is 6.22. The molecule has 0 aliphatic carbocycles. The van der Waals surface area contributed by atoms with E-state index in [1.165, 1.54) is 19.1 Å². The van der Waals surface area contributed by atoms with Crippen LogP contribution in [-0.4, -0.2) is 64.9 Å². The number of nitrogens with zero attached hydrogens (tertiary/aromatic N) is 3. The summed E-state index contributed by atoms with van der Waals surface area (Å²) < 4.78 is 27.3. The van der Waals surface area contributed by atoms with Crippen molar-refractivity contribution < 1.29 is 23.8 Å². The number of anilines is 2. The number of benzene rings is 2. The van der Waals surface area contributed by atoms with Crippen LogP contribution in [0.2, 0.25) is 0 Å². The Balaban J connectivity index is 1.45. The number of imidazole rings is 1. The first-order valence-corrected chi connectivity index (χ1v) is 12.8. The molecule has 0 aliphatic rings. The minimum Gasteiger partial charge on any atom is -0.508 e. The fourth-order valence-corrected chi connectivity index (χ4v) is 4.14. The van der Waals surface area contributed by atoms with E-state index in [0.29, 0.717) is 74.2 Å². The van der Waals surface area contributed by atoms with Crippen molar-refractivity contribution in [3.05, 3.63) is 71.4 Å². The molecule has 2 aromatic heterocycles. The predicted octanol–water partition coefficient (Wildman–Crippen LogP) is 3.58. The highest BCUT2D eigenvalue weighted by molar-refractivity contribution is 5.96. The number of ether oxygens (including phenoxy) is 2. The van der Waals surface area contributed by atoms with E-state index in [0.717, 1.165) is 11.3 Å². The van der Waals surface area contributed by atoms with Gasteiger partial charge in [-0.05, 0) is 49.2 Å². The molecule has 0 unspecified atom stereocenters. The van der Waals surface area contributed by atoms with Crippen molar-refractivity contribution in [3.63, 3.8) is 0 Å². The van der Waals surface area contributed by atoms with Crippen LogP contribution in [0.3, 0.4) is 0 Å². The number of nitrogens with two attached hydrogens (primary N) is 1. The number of amides is 1. The van der Waals surface area contributed by atoms with Crippen molar-refractivity contribution in [3.8, 4) is 17.0 Å². The molecule has 39 heavy (non-hydrogen) atoms. The van der Waals surface area contributed by atoms with Gasteiger partial charge in [0.05, 0.1) is 38.3 Å². The Morgan fingerprint density at radius 1 is 1.13 bits per heavy atom. The number of fused-ring (bicyclic) bond motifs is 1. The van der Waals surface area contributed by atoms with E-state index in [9.17, 15) is 14.3 Å². The van der Waals surface area contributed by atoms with Crippen LogP contribution in [0.5, 0.6) is 5.75 Å². The monoisotopic (exact) mass is 536 g/mol. The molecule has 0 spiro atoms. The first-order chi connectivity index (χ1) is 18.9. The Bertz CT molecular complexity index is 1440. The van der Waals surface area contributed by atoms with Gasteiger partial charge in [-0.2, -0.15) is 0 Å². The fraction of sp³-hybridized carbons (Fsp3) is 0.321. The third-order valence-corrected chi connectivity index (χ3v) is 6.22. The number of carbonyl (C=O) groups excluding carboxylic acids is 1. The Kier molecular flexibility index (Phi) is 9.42.